The molecule has 0 aromatic carbocycles. The number of rotatable bonds is 0. The molecule has 0 aromatic rings. The monoisotopic (exact) mass is 197 g/mol. The third-order valence-electron chi connectivity index (χ3n) is 2.72. The van der Waals surface area contributed by atoms with Gasteiger partial charge in [0.1, 0.15) is 0 Å². The summed E-state index contributed by atoms with van der Waals surface area (Å²) in [5.74, 6) is 0.385. The third kappa shape index (κ3) is 2.08. The average Bonchev–Trinajstić information content (AvgIpc) is 2.01. The summed E-state index contributed by atoms with van der Waals surface area (Å²) in [6.07, 6.45) is 3.73. The first-order valence-electron chi connectivity index (χ1n) is 5.02. The van der Waals surface area contributed by atoms with Crippen molar-refractivity contribution < 1.29 is 9.90 Å². The molecule has 1 heterocycles. The zero-order valence-electron chi connectivity index (χ0n) is 9.32. The SMILES string of the molecule is CC1CC=CN(C(=O)O)C1C(C)(C)C. The summed E-state index contributed by atoms with van der Waals surface area (Å²) >= 11 is 0. The van der Waals surface area contributed by atoms with Gasteiger partial charge in [-0.15, -0.1) is 0 Å². The molecule has 0 bridgehead atoms. The highest BCUT2D eigenvalue weighted by atomic mass is 16.4. The molecule has 80 valence electrons. The minimum atomic E-state index is -0.854. The summed E-state index contributed by atoms with van der Waals surface area (Å²) in [6, 6.07) is 0.0741. The quantitative estimate of drug-likeness (QED) is 0.648. The average molecular weight is 197 g/mol. The number of allylic oxidation sites excluding steroid dienone is 1. The van der Waals surface area contributed by atoms with E-state index in [9.17, 15) is 4.79 Å². The fourth-order valence-corrected chi connectivity index (χ4v) is 2.34. The first-order chi connectivity index (χ1) is 6.34. The van der Waals surface area contributed by atoms with Crippen molar-refractivity contribution in [2.75, 3.05) is 0 Å². The molecule has 1 aliphatic heterocycles. The maximum Gasteiger partial charge on any atom is 0.411 e. The summed E-state index contributed by atoms with van der Waals surface area (Å²) < 4.78 is 0. The van der Waals surface area contributed by atoms with Crippen molar-refractivity contribution in [1.82, 2.24) is 4.90 Å². The van der Waals surface area contributed by atoms with Gasteiger partial charge in [0, 0.05) is 12.2 Å². The lowest BCUT2D eigenvalue weighted by Gasteiger charge is -2.42. The molecule has 0 spiro atoms. The Labute approximate surface area is 85.4 Å². The molecular weight excluding hydrogens is 178 g/mol. The van der Waals surface area contributed by atoms with Crippen LogP contribution < -0.4 is 0 Å². The molecule has 0 fully saturated rings. The van der Waals surface area contributed by atoms with Gasteiger partial charge in [-0.1, -0.05) is 33.8 Å². The highest BCUT2D eigenvalue weighted by molar-refractivity contribution is 5.67. The molecule has 2 atom stereocenters. The van der Waals surface area contributed by atoms with Crippen LogP contribution in [0.5, 0.6) is 0 Å². The van der Waals surface area contributed by atoms with Crippen molar-refractivity contribution >= 4 is 6.09 Å². The van der Waals surface area contributed by atoms with E-state index in [-0.39, 0.29) is 11.5 Å². The Morgan fingerprint density at radius 1 is 1.50 bits per heavy atom. The van der Waals surface area contributed by atoms with E-state index in [1.165, 1.54) is 4.90 Å². The van der Waals surface area contributed by atoms with Gasteiger partial charge in [0.15, 0.2) is 0 Å². The molecule has 1 aliphatic rings. The molecule has 3 heteroatoms. The topological polar surface area (TPSA) is 40.5 Å². The first-order valence-corrected chi connectivity index (χ1v) is 5.02. The summed E-state index contributed by atoms with van der Waals surface area (Å²) in [7, 11) is 0. The third-order valence-corrected chi connectivity index (χ3v) is 2.72. The Kier molecular flexibility index (Phi) is 2.88. The van der Waals surface area contributed by atoms with Gasteiger partial charge < -0.3 is 5.11 Å². The van der Waals surface area contributed by atoms with Gasteiger partial charge in [-0.2, -0.15) is 0 Å². The maximum absolute atomic E-state index is 11.0. The van der Waals surface area contributed by atoms with Gasteiger partial charge in [0.05, 0.1) is 0 Å². The van der Waals surface area contributed by atoms with Crippen molar-refractivity contribution in [3.8, 4) is 0 Å². The van der Waals surface area contributed by atoms with Crippen LogP contribution in [0.25, 0.3) is 0 Å². The highest BCUT2D eigenvalue weighted by Gasteiger charge is 2.37. The van der Waals surface area contributed by atoms with E-state index >= 15 is 0 Å². The minimum absolute atomic E-state index is 0.0113. The second-order valence-electron chi connectivity index (χ2n) is 5.10. The zero-order chi connectivity index (χ0) is 10.9. The Morgan fingerprint density at radius 3 is 2.43 bits per heavy atom. The lowest BCUT2D eigenvalue weighted by molar-refractivity contribution is 0.0765. The van der Waals surface area contributed by atoms with Crippen LogP contribution in [0.1, 0.15) is 34.1 Å². The van der Waals surface area contributed by atoms with E-state index < -0.39 is 6.09 Å². The smallest absolute Gasteiger partial charge is 0.411 e. The molecule has 0 aliphatic carbocycles. The summed E-state index contributed by atoms with van der Waals surface area (Å²) in [5.41, 5.74) is -0.0113. The molecule has 2 unspecified atom stereocenters. The number of hydrogen-bond acceptors (Lipinski definition) is 1. The predicted octanol–water partition coefficient (Wildman–Crippen LogP) is 2.93. The van der Waals surface area contributed by atoms with Crippen LogP contribution in [0, 0.1) is 11.3 Å². The van der Waals surface area contributed by atoms with Crippen LogP contribution in [-0.2, 0) is 0 Å². The molecule has 1 N–H and O–H groups in total. The Balaban J connectivity index is 2.97. The Hall–Kier alpha value is -0.990. The van der Waals surface area contributed by atoms with Crippen molar-refractivity contribution in [1.29, 1.82) is 0 Å². The fraction of sp³-hybridized carbons (Fsp3) is 0.727. The van der Waals surface area contributed by atoms with Crippen LogP contribution >= 0.6 is 0 Å². The molecule has 0 saturated carbocycles. The van der Waals surface area contributed by atoms with Crippen molar-refractivity contribution in [2.24, 2.45) is 11.3 Å². The van der Waals surface area contributed by atoms with E-state index in [4.69, 9.17) is 5.11 Å². The highest BCUT2D eigenvalue weighted by Crippen LogP contribution is 2.34. The van der Waals surface area contributed by atoms with Crippen molar-refractivity contribution in [2.45, 2.75) is 40.2 Å². The van der Waals surface area contributed by atoms with E-state index in [2.05, 4.69) is 27.7 Å². The second-order valence-corrected chi connectivity index (χ2v) is 5.10. The zero-order valence-corrected chi connectivity index (χ0v) is 9.32. The minimum Gasteiger partial charge on any atom is -0.465 e. The predicted molar refractivity (Wildman–Crippen MR) is 56.0 cm³/mol. The number of nitrogens with zero attached hydrogens (tertiary/aromatic N) is 1. The Morgan fingerprint density at radius 2 is 2.07 bits per heavy atom. The lowest BCUT2D eigenvalue weighted by Crippen LogP contribution is -2.49. The number of carbonyl (C=O) groups is 1. The van der Waals surface area contributed by atoms with Crippen LogP contribution in [0.2, 0.25) is 0 Å². The molecule has 14 heavy (non-hydrogen) atoms. The van der Waals surface area contributed by atoms with Gasteiger partial charge in [0.25, 0.3) is 0 Å². The van der Waals surface area contributed by atoms with Crippen molar-refractivity contribution in [3.63, 3.8) is 0 Å². The molecule has 0 saturated heterocycles. The maximum atomic E-state index is 11.0. The van der Waals surface area contributed by atoms with Gasteiger partial charge in [-0.05, 0) is 17.8 Å². The standard InChI is InChI=1S/C11H19NO2/c1-8-6-5-7-12(10(13)14)9(8)11(2,3)4/h5,7-9H,6H2,1-4H3,(H,13,14). The molecule has 0 aromatic heterocycles. The summed E-state index contributed by atoms with van der Waals surface area (Å²) in [4.78, 5) is 12.5. The van der Waals surface area contributed by atoms with E-state index in [0.29, 0.717) is 5.92 Å². The second kappa shape index (κ2) is 3.64. The number of hydrogen-bond donors (Lipinski definition) is 1. The van der Waals surface area contributed by atoms with E-state index in [0.717, 1.165) is 6.42 Å². The lowest BCUT2D eigenvalue weighted by atomic mass is 9.76. The fourth-order valence-electron chi connectivity index (χ4n) is 2.34. The van der Waals surface area contributed by atoms with E-state index in [1.54, 1.807) is 6.20 Å². The van der Waals surface area contributed by atoms with Crippen LogP contribution in [0.15, 0.2) is 12.3 Å². The summed E-state index contributed by atoms with van der Waals surface area (Å²) in [5, 5.41) is 9.06. The number of carboxylic acid groups (broad SMARTS) is 1. The first kappa shape index (κ1) is 11.1. The summed E-state index contributed by atoms with van der Waals surface area (Å²) in [6.45, 7) is 8.37. The number of amides is 1. The largest absolute Gasteiger partial charge is 0.465 e. The van der Waals surface area contributed by atoms with Gasteiger partial charge >= 0.3 is 6.09 Å². The molecular formula is C11H19NO2. The van der Waals surface area contributed by atoms with Crippen LogP contribution in [-0.4, -0.2) is 22.1 Å². The molecule has 1 rings (SSSR count). The molecule has 0 radical (unpaired) electrons. The van der Waals surface area contributed by atoms with Gasteiger partial charge in [-0.25, -0.2) is 4.79 Å². The molecule has 1 amide bonds. The van der Waals surface area contributed by atoms with Crippen LogP contribution in [0.3, 0.4) is 0 Å². The van der Waals surface area contributed by atoms with Crippen molar-refractivity contribution in [3.05, 3.63) is 12.3 Å². The van der Waals surface area contributed by atoms with Gasteiger partial charge in [-0.3, -0.25) is 4.90 Å². The Bertz CT molecular complexity index is 253. The molecule has 3 nitrogen and oxygen atoms in total. The van der Waals surface area contributed by atoms with Gasteiger partial charge in [0.2, 0.25) is 0 Å². The normalized spacial score (nSPS) is 27.9. The van der Waals surface area contributed by atoms with Crippen LogP contribution in [0.4, 0.5) is 4.79 Å². The van der Waals surface area contributed by atoms with E-state index in [1.807, 2.05) is 6.08 Å².